The zero-order valence-electron chi connectivity index (χ0n) is 12.9. The quantitative estimate of drug-likeness (QED) is 0.799. The average Bonchev–Trinajstić information content (AvgIpc) is 2.54. The van der Waals surface area contributed by atoms with Crippen molar-refractivity contribution < 1.29 is 8.42 Å². The summed E-state index contributed by atoms with van der Waals surface area (Å²) in [5.74, 6) is 0. The van der Waals surface area contributed by atoms with Crippen LogP contribution in [0.25, 0.3) is 10.9 Å². The predicted molar refractivity (Wildman–Crippen MR) is 89.5 cm³/mol. The van der Waals surface area contributed by atoms with Crippen LogP contribution in [0.1, 0.15) is 24.2 Å². The van der Waals surface area contributed by atoms with E-state index in [2.05, 4.69) is 14.7 Å². The highest BCUT2D eigenvalue weighted by molar-refractivity contribution is 7.89. The molecule has 1 N–H and O–H groups in total. The SMILES string of the molecule is Cc1cnc2c(S(=O)(=O)N[C@H](C)c3ccccn3)cccc2c1. The summed E-state index contributed by atoms with van der Waals surface area (Å²) in [6, 6.07) is 12.1. The summed E-state index contributed by atoms with van der Waals surface area (Å²) >= 11 is 0. The standard InChI is InChI=1S/C17H17N3O2S/c1-12-10-14-6-5-8-16(17(14)19-11-12)23(21,22)20-13(2)15-7-3-4-9-18-15/h3-11,13,20H,1-2H3/t13-/m1/s1. The number of benzene rings is 1. The molecule has 1 atom stereocenters. The van der Waals surface area contributed by atoms with Crippen LogP contribution in [0.5, 0.6) is 0 Å². The highest BCUT2D eigenvalue weighted by Gasteiger charge is 2.21. The third kappa shape index (κ3) is 3.23. The first-order valence-electron chi connectivity index (χ1n) is 7.26. The van der Waals surface area contributed by atoms with Crippen LogP contribution in [-0.4, -0.2) is 18.4 Å². The molecule has 0 radical (unpaired) electrons. The number of aryl methyl sites for hydroxylation is 1. The first-order valence-corrected chi connectivity index (χ1v) is 8.74. The van der Waals surface area contributed by atoms with Crippen LogP contribution in [0.15, 0.2) is 59.8 Å². The van der Waals surface area contributed by atoms with Gasteiger partial charge in [-0.15, -0.1) is 0 Å². The first kappa shape index (κ1) is 15.6. The molecule has 3 rings (SSSR count). The number of para-hydroxylation sites is 1. The van der Waals surface area contributed by atoms with Crippen molar-refractivity contribution in [3.63, 3.8) is 0 Å². The van der Waals surface area contributed by atoms with Gasteiger partial charge in [-0.3, -0.25) is 9.97 Å². The molecule has 1 aromatic carbocycles. The van der Waals surface area contributed by atoms with Gasteiger partial charge >= 0.3 is 0 Å². The van der Waals surface area contributed by atoms with E-state index in [0.29, 0.717) is 11.2 Å². The minimum Gasteiger partial charge on any atom is -0.260 e. The molecular formula is C17H17N3O2S. The van der Waals surface area contributed by atoms with Crippen LogP contribution >= 0.6 is 0 Å². The molecular weight excluding hydrogens is 310 g/mol. The Labute approximate surface area is 135 Å². The Kier molecular flexibility index (Phi) is 4.11. The minimum absolute atomic E-state index is 0.179. The van der Waals surface area contributed by atoms with E-state index in [0.717, 1.165) is 10.9 Å². The van der Waals surface area contributed by atoms with Crippen LogP contribution in [0.3, 0.4) is 0 Å². The third-order valence-electron chi connectivity index (χ3n) is 3.56. The van der Waals surface area contributed by atoms with Crippen molar-refractivity contribution in [1.82, 2.24) is 14.7 Å². The molecule has 0 spiro atoms. The molecule has 0 aliphatic heterocycles. The molecule has 0 aliphatic rings. The average molecular weight is 327 g/mol. The fourth-order valence-electron chi connectivity index (χ4n) is 2.45. The summed E-state index contributed by atoms with van der Waals surface area (Å²) in [5, 5.41) is 0.804. The van der Waals surface area contributed by atoms with Crippen LogP contribution in [-0.2, 0) is 10.0 Å². The summed E-state index contributed by atoms with van der Waals surface area (Å²) in [6.07, 6.45) is 3.31. The van der Waals surface area contributed by atoms with Crippen LogP contribution < -0.4 is 4.72 Å². The Hall–Kier alpha value is -2.31. The molecule has 2 heterocycles. The molecule has 0 saturated carbocycles. The summed E-state index contributed by atoms with van der Waals surface area (Å²) in [6.45, 7) is 3.69. The van der Waals surface area contributed by atoms with Gasteiger partial charge in [0.05, 0.1) is 17.3 Å². The lowest BCUT2D eigenvalue weighted by Crippen LogP contribution is -2.27. The normalized spacial score (nSPS) is 13.1. The molecule has 0 amide bonds. The van der Waals surface area contributed by atoms with E-state index in [4.69, 9.17) is 0 Å². The van der Waals surface area contributed by atoms with Gasteiger partial charge in [0.25, 0.3) is 0 Å². The molecule has 6 heteroatoms. The van der Waals surface area contributed by atoms with Gasteiger partial charge in [0.15, 0.2) is 0 Å². The Balaban J connectivity index is 2.00. The molecule has 23 heavy (non-hydrogen) atoms. The zero-order valence-corrected chi connectivity index (χ0v) is 13.7. The monoisotopic (exact) mass is 327 g/mol. The molecule has 3 aromatic rings. The molecule has 5 nitrogen and oxygen atoms in total. The van der Waals surface area contributed by atoms with Gasteiger partial charge in [-0.25, -0.2) is 13.1 Å². The van der Waals surface area contributed by atoms with Crippen LogP contribution in [0.2, 0.25) is 0 Å². The van der Waals surface area contributed by atoms with Gasteiger partial charge in [-0.2, -0.15) is 0 Å². The number of aromatic nitrogens is 2. The lowest BCUT2D eigenvalue weighted by molar-refractivity contribution is 0.564. The van der Waals surface area contributed by atoms with Crippen molar-refractivity contribution in [1.29, 1.82) is 0 Å². The van der Waals surface area contributed by atoms with E-state index in [1.54, 1.807) is 43.6 Å². The third-order valence-corrected chi connectivity index (χ3v) is 5.14. The minimum atomic E-state index is -3.70. The second kappa shape index (κ2) is 6.06. The number of nitrogens with zero attached hydrogens (tertiary/aromatic N) is 2. The summed E-state index contributed by atoms with van der Waals surface area (Å²) in [4.78, 5) is 8.66. The number of hydrogen-bond acceptors (Lipinski definition) is 4. The number of hydrogen-bond donors (Lipinski definition) is 1. The Morgan fingerprint density at radius 3 is 2.65 bits per heavy atom. The van der Waals surface area contributed by atoms with Crippen molar-refractivity contribution in [2.45, 2.75) is 24.8 Å². The van der Waals surface area contributed by atoms with Gasteiger partial charge in [-0.05, 0) is 43.7 Å². The van der Waals surface area contributed by atoms with Crippen molar-refractivity contribution in [3.05, 3.63) is 66.1 Å². The van der Waals surface area contributed by atoms with E-state index in [9.17, 15) is 8.42 Å². The Morgan fingerprint density at radius 1 is 1.09 bits per heavy atom. The van der Waals surface area contributed by atoms with Gasteiger partial charge in [0.2, 0.25) is 10.0 Å². The number of rotatable bonds is 4. The molecule has 0 aliphatic carbocycles. The van der Waals surface area contributed by atoms with Crippen molar-refractivity contribution in [2.24, 2.45) is 0 Å². The highest BCUT2D eigenvalue weighted by atomic mass is 32.2. The maximum atomic E-state index is 12.7. The zero-order chi connectivity index (χ0) is 16.4. The number of sulfonamides is 1. The molecule has 0 unspecified atom stereocenters. The second-order valence-corrected chi connectivity index (χ2v) is 7.12. The largest absolute Gasteiger partial charge is 0.260 e. The van der Waals surface area contributed by atoms with Gasteiger partial charge in [0.1, 0.15) is 4.90 Å². The molecule has 2 aromatic heterocycles. The van der Waals surface area contributed by atoms with Gasteiger partial charge in [-0.1, -0.05) is 18.2 Å². The van der Waals surface area contributed by atoms with E-state index >= 15 is 0 Å². The maximum absolute atomic E-state index is 12.7. The van der Waals surface area contributed by atoms with Crippen LogP contribution in [0.4, 0.5) is 0 Å². The number of pyridine rings is 2. The van der Waals surface area contributed by atoms with E-state index in [1.807, 2.05) is 25.1 Å². The lowest BCUT2D eigenvalue weighted by Gasteiger charge is -2.14. The van der Waals surface area contributed by atoms with E-state index in [1.165, 1.54) is 0 Å². The smallest absolute Gasteiger partial charge is 0.243 e. The first-order chi connectivity index (χ1) is 11.0. The summed E-state index contributed by atoms with van der Waals surface area (Å²) < 4.78 is 28.1. The fraction of sp³-hybridized carbons (Fsp3) is 0.176. The van der Waals surface area contributed by atoms with E-state index < -0.39 is 16.1 Å². The maximum Gasteiger partial charge on any atom is 0.243 e. The van der Waals surface area contributed by atoms with Crippen molar-refractivity contribution >= 4 is 20.9 Å². The lowest BCUT2D eigenvalue weighted by atomic mass is 10.2. The Bertz CT molecular complexity index is 940. The van der Waals surface area contributed by atoms with E-state index in [-0.39, 0.29) is 4.90 Å². The molecule has 0 fully saturated rings. The van der Waals surface area contributed by atoms with Gasteiger partial charge < -0.3 is 0 Å². The topological polar surface area (TPSA) is 72.0 Å². The van der Waals surface area contributed by atoms with Gasteiger partial charge in [0, 0.05) is 17.8 Å². The summed E-state index contributed by atoms with van der Waals surface area (Å²) in [7, 11) is -3.70. The summed E-state index contributed by atoms with van der Waals surface area (Å²) in [5.41, 5.74) is 2.13. The highest BCUT2D eigenvalue weighted by Crippen LogP contribution is 2.23. The molecule has 0 saturated heterocycles. The fourth-order valence-corrected chi connectivity index (χ4v) is 3.84. The van der Waals surface area contributed by atoms with Crippen LogP contribution in [0, 0.1) is 6.92 Å². The Morgan fingerprint density at radius 2 is 1.91 bits per heavy atom. The van der Waals surface area contributed by atoms with Crippen molar-refractivity contribution in [3.8, 4) is 0 Å². The molecule has 118 valence electrons. The second-order valence-electron chi connectivity index (χ2n) is 5.44. The molecule has 0 bridgehead atoms. The van der Waals surface area contributed by atoms with Crippen molar-refractivity contribution in [2.75, 3.05) is 0 Å². The predicted octanol–water partition coefficient (Wildman–Crippen LogP) is 2.98. The number of nitrogens with one attached hydrogen (secondary N) is 1. The number of fused-ring (bicyclic) bond motifs is 1.